The van der Waals surface area contributed by atoms with Crippen molar-refractivity contribution >= 4 is 34.3 Å². The Kier molecular flexibility index (Phi) is 4.76. The second kappa shape index (κ2) is 6.99. The van der Waals surface area contributed by atoms with Crippen LogP contribution in [-0.4, -0.2) is 23.8 Å². The summed E-state index contributed by atoms with van der Waals surface area (Å²) in [6, 6.07) is 11.8. The van der Waals surface area contributed by atoms with E-state index in [1.54, 1.807) is 56.5 Å². The highest BCUT2D eigenvalue weighted by Gasteiger charge is 2.22. The zero-order chi connectivity index (χ0) is 18.0. The van der Waals surface area contributed by atoms with Crippen LogP contribution in [0.3, 0.4) is 0 Å². The zero-order valence-electron chi connectivity index (χ0n) is 13.8. The number of rotatable bonds is 5. The average Bonchev–Trinajstić information content (AvgIpc) is 2.98. The van der Waals surface area contributed by atoms with Crippen LogP contribution in [0.2, 0.25) is 5.02 Å². The van der Waals surface area contributed by atoms with Crippen molar-refractivity contribution in [1.82, 2.24) is 4.98 Å². The van der Waals surface area contributed by atoms with Gasteiger partial charge in [-0.15, -0.1) is 0 Å². The minimum atomic E-state index is -0.417. The number of carbonyl (C=O) groups excluding carboxylic acids is 2. The third-order valence-electron chi connectivity index (χ3n) is 3.80. The van der Waals surface area contributed by atoms with Crippen LogP contribution in [0.4, 0.5) is 0 Å². The summed E-state index contributed by atoms with van der Waals surface area (Å²) in [4.78, 5) is 27.7. The van der Waals surface area contributed by atoms with Gasteiger partial charge in [0, 0.05) is 22.4 Å². The van der Waals surface area contributed by atoms with Crippen LogP contribution in [0.5, 0.6) is 11.5 Å². The van der Waals surface area contributed by atoms with Crippen molar-refractivity contribution in [3.8, 4) is 11.5 Å². The molecule has 0 aliphatic rings. The largest absolute Gasteiger partial charge is 0.497 e. The lowest BCUT2D eigenvalue weighted by Crippen LogP contribution is -2.10. The number of aromatic nitrogens is 1. The Hall–Kier alpha value is -2.79. The molecule has 5 nitrogen and oxygen atoms in total. The van der Waals surface area contributed by atoms with E-state index in [4.69, 9.17) is 21.1 Å². The summed E-state index contributed by atoms with van der Waals surface area (Å²) in [7, 11) is 1.56. The number of hydrogen-bond acceptors (Lipinski definition) is 4. The van der Waals surface area contributed by atoms with Crippen LogP contribution >= 0.6 is 11.6 Å². The van der Waals surface area contributed by atoms with E-state index in [1.165, 1.54) is 0 Å². The first-order valence-electron chi connectivity index (χ1n) is 7.74. The number of nitrogens with one attached hydrogen (secondary N) is 1. The van der Waals surface area contributed by atoms with Gasteiger partial charge in [-0.25, -0.2) is 0 Å². The van der Waals surface area contributed by atoms with Crippen molar-refractivity contribution in [1.29, 1.82) is 0 Å². The topological polar surface area (TPSA) is 68.4 Å². The van der Waals surface area contributed by atoms with Gasteiger partial charge in [0.15, 0.2) is 5.75 Å². The minimum absolute atomic E-state index is 0.205. The number of aromatic amines is 1. The Morgan fingerprint density at radius 3 is 2.48 bits per heavy atom. The number of hydrogen-bond donors (Lipinski definition) is 1. The van der Waals surface area contributed by atoms with Gasteiger partial charge in [0.25, 0.3) is 0 Å². The molecule has 2 aromatic carbocycles. The number of ketones is 1. The van der Waals surface area contributed by atoms with E-state index in [0.717, 1.165) is 0 Å². The van der Waals surface area contributed by atoms with E-state index in [1.807, 2.05) is 0 Å². The van der Waals surface area contributed by atoms with Gasteiger partial charge in [0.2, 0.25) is 5.78 Å². The van der Waals surface area contributed by atoms with Gasteiger partial charge >= 0.3 is 5.97 Å². The Labute approximate surface area is 149 Å². The summed E-state index contributed by atoms with van der Waals surface area (Å²) in [6.45, 7) is 1.69. The van der Waals surface area contributed by atoms with Gasteiger partial charge in [0.05, 0.1) is 12.6 Å². The number of methoxy groups -OCH3 is 1. The van der Waals surface area contributed by atoms with Crippen molar-refractivity contribution < 1.29 is 19.1 Å². The molecule has 0 amide bonds. The Balaban J connectivity index is 2.10. The lowest BCUT2D eigenvalue weighted by atomic mass is 10.1. The van der Waals surface area contributed by atoms with Gasteiger partial charge in [-0.05, 0) is 42.5 Å². The van der Waals surface area contributed by atoms with Crippen LogP contribution in [0.25, 0.3) is 10.9 Å². The molecule has 0 spiro atoms. The second-order valence-corrected chi connectivity index (χ2v) is 5.84. The fourth-order valence-electron chi connectivity index (χ4n) is 2.48. The SMILES string of the molecule is CCC(=O)Oc1c(C(=O)c2ccc(OC)cc2)[nH]c2cc(Cl)ccc12. The minimum Gasteiger partial charge on any atom is -0.497 e. The van der Waals surface area contributed by atoms with E-state index < -0.39 is 5.97 Å². The van der Waals surface area contributed by atoms with Crippen LogP contribution in [-0.2, 0) is 4.79 Å². The maximum atomic E-state index is 12.9. The van der Waals surface area contributed by atoms with E-state index in [2.05, 4.69) is 4.98 Å². The van der Waals surface area contributed by atoms with Crippen molar-refractivity contribution in [3.63, 3.8) is 0 Å². The van der Waals surface area contributed by atoms with E-state index in [0.29, 0.717) is 27.2 Å². The van der Waals surface area contributed by atoms with Gasteiger partial charge in [-0.1, -0.05) is 18.5 Å². The summed E-state index contributed by atoms with van der Waals surface area (Å²) in [5.41, 5.74) is 1.29. The lowest BCUT2D eigenvalue weighted by molar-refractivity contribution is -0.133. The standard InChI is InChI=1S/C19H16ClNO4/c1-3-16(22)25-19-14-9-6-12(20)10-15(14)21-17(19)18(23)11-4-7-13(24-2)8-5-11/h4-10,21H,3H2,1-2H3. The maximum Gasteiger partial charge on any atom is 0.310 e. The number of fused-ring (bicyclic) bond motifs is 1. The third kappa shape index (κ3) is 3.37. The highest BCUT2D eigenvalue weighted by molar-refractivity contribution is 6.31. The fraction of sp³-hybridized carbons (Fsp3) is 0.158. The number of carbonyl (C=O) groups is 2. The predicted octanol–water partition coefficient (Wildman–Crippen LogP) is 4.38. The van der Waals surface area contributed by atoms with E-state index in [-0.39, 0.29) is 23.6 Å². The summed E-state index contributed by atoms with van der Waals surface area (Å²) in [5.74, 6) is 0.172. The quantitative estimate of drug-likeness (QED) is 0.543. The third-order valence-corrected chi connectivity index (χ3v) is 4.03. The van der Waals surface area contributed by atoms with Crippen molar-refractivity contribution in [3.05, 3.63) is 58.7 Å². The fourth-order valence-corrected chi connectivity index (χ4v) is 2.65. The smallest absolute Gasteiger partial charge is 0.310 e. The van der Waals surface area contributed by atoms with Gasteiger partial charge in [0.1, 0.15) is 11.4 Å². The Morgan fingerprint density at radius 2 is 1.84 bits per heavy atom. The van der Waals surface area contributed by atoms with Crippen molar-refractivity contribution in [2.75, 3.05) is 7.11 Å². The molecule has 3 aromatic rings. The second-order valence-electron chi connectivity index (χ2n) is 5.40. The molecule has 1 heterocycles. The van der Waals surface area contributed by atoms with Gasteiger partial charge < -0.3 is 14.5 Å². The first-order valence-corrected chi connectivity index (χ1v) is 8.12. The molecule has 1 aromatic heterocycles. The summed E-state index contributed by atoms with van der Waals surface area (Å²) < 4.78 is 10.5. The van der Waals surface area contributed by atoms with Crippen LogP contribution in [0, 0.1) is 0 Å². The number of esters is 1. The first-order chi connectivity index (χ1) is 12.0. The zero-order valence-corrected chi connectivity index (χ0v) is 14.5. The molecule has 0 saturated heterocycles. The molecular weight excluding hydrogens is 342 g/mol. The van der Waals surface area contributed by atoms with Gasteiger partial charge in [-0.2, -0.15) is 0 Å². The normalized spacial score (nSPS) is 10.7. The van der Waals surface area contributed by atoms with E-state index >= 15 is 0 Å². The summed E-state index contributed by atoms with van der Waals surface area (Å²) in [5, 5.41) is 1.15. The molecule has 0 aliphatic heterocycles. The molecule has 0 saturated carbocycles. The average molecular weight is 358 g/mol. The molecule has 1 N–H and O–H groups in total. The molecule has 0 bridgehead atoms. The monoisotopic (exact) mass is 357 g/mol. The molecule has 0 radical (unpaired) electrons. The Morgan fingerprint density at radius 1 is 1.12 bits per heavy atom. The maximum absolute atomic E-state index is 12.9. The van der Waals surface area contributed by atoms with Crippen molar-refractivity contribution in [2.24, 2.45) is 0 Å². The molecule has 0 fully saturated rings. The summed E-state index contributed by atoms with van der Waals surface area (Å²) in [6.07, 6.45) is 0.205. The molecule has 0 unspecified atom stereocenters. The number of ether oxygens (including phenoxy) is 2. The highest BCUT2D eigenvalue weighted by Crippen LogP contribution is 2.33. The van der Waals surface area contributed by atoms with Crippen LogP contribution in [0.15, 0.2) is 42.5 Å². The van der Waals surface area contributed by atoms with Crippen LogP contribution in [0.1, 0.15) is 29.4 Å². The lowest BCUT2D eigenvalue weighted by Gasteiger charge is -2.06. The number of benzene rings is 2. The first kappa shape index (κ1) is 17.0. The number of halogens is 1. The molecule has 3 rings (SSSR count). The number of H-pyrrole nitrogens is 1. The molecule has 0 atom stereocenters. The molecule has 25 heavy (non-hydrogen) atoms. The highest BCUT2D eigenvalue weighted by atomic mass is 35.5. The van der Waals surface area contributed by atoms with Gasteiger partial charge in [-0.3, -0.25) is 9.59 Å². The van der Waals surface area contributed by atoms with E-state index in [9.17, 15) is 9.59 Å². The molecule has 128 valence electrons. The Bertz CT molecular complexity index is 944. The van der Waals surface area contributed by atoms with Crippen LogP contribution < -0.4 is 9.47 Å². The van der Waals surface area contributed by atoms with Crippen molar-refractivity contribution in [2.45, 2.75) is 13.3 Å². The summed E-state index contributed by atoms with van der Waals surface area (Å²) >= 11 is 6.02. The molecule has 6 heteroatoms. The molecule has 0 aliphatic carbocycles. The predicted molar refractivity (Wildman–Crippen MR) is 95.7 cm³/mol. The molecular formula is C19H16ClNO4.